The summed E-state index contributed by atoms with van der Waals surface area (Å²) < 4.78 is 11.5. The summed E-state index contributed by atoms with van der Waals surface area (Å²) in [6.45, 7) is 9.68. The molecule has 0 aliphatic heterocycles. The molecule has 2 aromatic rings. The number of hydrogen-bond acceptors (Lipinski definition) is 3. The highest BCUT2D eigenvalue weighted by atomic mass is 16.5. The van der Waals surface area contributed by atoms with Crippen LogP contribution in [0.15, 0.2) is 42.5 Å². The van der Waals surface area contributed by atoms with Gasteiger partial charge in [0.2, 0.25) is 0 Å². The molecule has 25 heavy (non-hydrogen) atoms. The van der Waals surface area contributed by atoms with Crippen LogP contribution in [0.3, 0.4) is 0 Å². The van der Waals surface area contributed by atoms with Gasteiger partial charge in [-0.05, 0) is 50.1 Å². The van der Waals surface area contributed by atoms with E-state index in [2.05, 4.69) is 19.2 Å². The molecule has 0 bridgehead atoms. The number of amides is 1. The summed E-state index contributed by atoms with van der Waals surface area (Å²) >= 11 is 0. The molecule has 0 aliphatic carbocycles. The first kappa shape index (κ1) is 18.8. The number of ether oxygens (including phenoxy) is 2. The highest BCUT2D eigenvalue weighted by molar-refractivity contribution is 5.94. The molecule has 134 valence electrons. The van der Waals surface area contributed by atoms with Gasteiger partial charge in [0.15, 0.2) is 0 Å². The molecule has 2 aromatic carbocycles. The van der Waals surface area contributed by atoms with Crippen molar-refractivity contribution in [2.75, 3.05) is 13.2 Å². The lowest BCUT2D eigenvalue weighted by Gasteiger charge is -2.14. The lowest BCUT2D eigenvalue weighted by molar-refractivity contribution is 0.0949. The van der Waals surface area contributed by atoms with E-state index in [0.29, 0.717) is 31.2 Å². The largest absolute Gasteiger partial charge is 0.493 e. The summed E-state index contributed by atoms with van der Waals surface area (Å²) in [5.74, 6) is 1.88. The molecule has 0 spiro atoms. The van der Waals surface area contributed by atoms with E-state index < -0.39 is 0 Å². The molecule has 0 aliphatic rings. The van der Waals surface area contributed by atoms with E-state index in [1.54, 1.807) is 6.07 Å². The fraction of sp³-hybridized carbons (Fsp3) is 0.381. The quantitative estimate of drug-likeness (QED) is 0.776. The zero-order valence-corrected chi connectivity index (χ0v) is 15.5. The molecule has 0 heterocycles. The van der Waals surface area contributed by atoms with E-state index in [9.17, 15) is 4.79 Å². The first-order chi connectivity index (χ1) is 12.0. The number of rotatable bonds is 8. The molecule has 4 nitrogen and oxygen atoms in total. The predicted molar refractivity (Wildman–Crippen MR) is 100 cm³/mol. The van der Waals surface area contributed by atoms with Crippen LogP contribution in [0.2, 0.25) is 0 Å². The summed E-state index contributed by atoms with van der Waals surface area (Å²) in [5, 5.41) is 2.94. The van der Waals surface area contributed by atoms with E-state index in [-0.39, 0.29) is 5.91 Å². The fourth-order valence-corrected chi connectivity index (χ4v) is 2.32. The van der Waals surface area contributed by atoms with Gasteiger partial charge in [0.1, 0.15) is 18.1 Å². The Morgan fingerprint density at radius 2 is 1.80 bits per heavy atom. The summed E-state index contributed by atoms with van der Waals surface area (Å²) in [7, 11) is 0. The summed E-state index contributed by atoms with van der Waals surface area (Å²) in [6.07, 6.45) is 0. The van der Waals surface area contributed by atoms with Crippen LogP contribution >= 0.6 is 0 Å². The average molecular weight is 341 g/mol. The van der Waals surface area contributed by atoms with Crippen LogP contribution in [0, 0.1) is 12.8 Å². The van der Waals surface area contributed by atoms with Gasteiger partial charge < -0.3 is 14.8 Å². The third kappa shape index (κ3) is 5.82. The standard InChI is InChI=1S/C21H27NO3/c1-5-24-20-11-8-17(21(23)22-13-15(2)3)12-18(20)14-25-19-9-6-16(4)7-10-19/h6-12,15H,5,13-14H2,1-4H3,(H,22,23). The minimum Gasteiger partial charge on any atom is -0.493 e. The van der Waals surface area contributed by atoms with Crippen LogP contribution in [0.5, 0.6) is 11.5 Å². The second-order valence-corrected chi connectivity index (χ2v) is 6.46. The highest BCUT2D eigenvalue weighted by Gasteiger charge is 2.11. The second-order valence-electron chi connectivity index (χ2n) is 6.46. The normalized spacial score (nSPS) is 10.6. The molecule has 0 saturated heterocycles. The minimum absolute atomic E-state index is 0.0756. The van der Waals surface area contributed by atoms with Crippen molar-refractivity contribution in [1.82, 2.24) is 5.32 Å². The van der Waals surface area contributed by atoms with Gasteiger partial charge in [-0.3, -0.25) is 4.79 Å². The van der Waals surface area contributed by atoms with Gasteiger partial charge in [0.25, 0.3) is 5.91 Å². The van der Waals surface area contributed by atoms with Gasteiger partial charge in [-0.1, -0.05) is 31.5 Å². The van der Waals surface area contributed by atoms with Crippen LogP contribution in [-0.4, -0.2) is 19.1 Å². The van der Waals surface area contributed by atoms with E-state index in [1.807, 2.05) is 50.2 Å². The van der Waals surface area contributed by atoms with Crippen LogP contribution < -0.4 is 14.8 Å². The van der Waals surface area contributed by atoms with Crippen molar-refractivity contribution < 1.29 is 14.3 Å². The number of hydrogen-bond donors (Lipinski definition) is 1. The molecular weight excluding hydrogens is 314 g/mol. The Balaban J connectivity index is 2.13. The smallest absolute Gasteiger partial charge is 0.251 e. The number of benzene rings is 2. The molecule has 0 unspecified atom stereocenters. The number of carbonyl (C=O) groups excluding carboxylic acids is 1. The van der Waals surface area contributed by atoms with Gasteiger partial charge in [0.05, 0.1) is 6.61 Å². The summed E-state index contributed by atoms with van der Waals surface area (Å²) in [5.41, 5.74) is 2.66. The van der Waals surface area contributed by atoms with Crippen molar-refractivity contribution in [1.29, 1.82) is 0 Å². The van der Waals surface area contributed by atoms with Crippen molar-refractivity contribution in [2.45, 2.75) is 34.3 Å². The number of nitrogens with one attached hydrogen (secondary N) is 1. The van der Waals surface area contributed by atoms with E-state index in [0.717, 1.165) is 17.1 Å². The van der Waals surface area contributed by atoms with Crippen molar-refractivity contribution in [3.05, 3.63) is 59.2 Å². The fourth-order valence-electron chi connectivity index (χ4n) is 2.32. The van der Waals surface area contributed by atoms with E-state index in [4.69, 9.17) is 9.47 Å². The highest BCUT2D eigenvalue weighted by Crippen LogP contribution is 2.23. The minimum atomic E-state index is -0.0756. The maximum absolute atomic E-state index is 12.3. The lowest BCUT2D eigenvalue weighted by Crippen LogP contribution is -2.27. The predicted octanol–water partition coefficient (Wildman–Crippen LogP) is 4.36. The van der Waals surface area contributed by atoms with Crippen molar-refractivity contribution in [3.63, 3.8) is 0 Å². The molecule has 0 fully saturated rings. The van der Waals surface area contributed by atoms with Crippen LogP contribution in [0.1, 0.15) is 42.3 Å². The lowest BCUT2D eigenvalue weighted by atomic mass is 10.1. The Hall–Kier alpha value is -2.49. The number of aryl methyl sites for hydroxylation is 1. The average Bonchev–Trinajstić information content (AvgIpc) is 2.60. The monoisotopic (exact) mass is 341 g/mol. The van der Waals surface area contributed by atoms with Crippen molar-refractivity contribution >= 4 is 5.91 Å². The van der Waals surface area contributed by atoms with Gasteiger partial charge in [-0.2, -0.15) is 0 Å². The van der Waals surface area contributed by atoms with Crippen LogP contribution in [-0.2, 0) is 6.61 Å². The SMILES string of the molecule is CCOc1ccc(C(=O)NCC(C)C)cc1COc1ccc(C)cc1. The van der Waals surface area contributed by atoms with Gasteiger partial charge >= 0.3 is 0 Å². The molecule has 0 aromatic heterocycles. The van der Waals surface area contributed by atoms with Crippen molar-refractivity contribution in [3.8, 4) is 11.5 Å². The summed E-state index contributed by atoms with van der Waals surface area (Å²) in [4.78, 5) is 12.3. The molecule has 0 saturated carbocycles. The molecule has 2 rings (SSSR count). The molecule has 0 radical (unpaired) electrons. The molecule has 0 atom stereocenters. The van der Waals surface area contributed by atoms with Gasteiger partial charge in [-0.15, -0.1) is 0 Å². The van der Waals surface area contributed by atoms with Crippen molar-refractivity contribution in [2.24, 2.45) is 5.92 Å². The Bertz CT molecular complexity index is 693. The molecule has 1 N–H and O–H groups in total. The van der Waals surface area contributed by atoms with Gasteiger partial charge in [-0.25, -0.2) is 0 Å². The van der Waals surface area contributed by atoms with Gasteiger partial charge in [0, 0.05) is 17.7 Å². The Morgan fingerprint density at radius 1 is 1.08 bits per heavy atom. The zero-order chi connectivity index (χ0) is 18.2. The zero-order valence-electron chi connectivity index (χ0n) is 15.5. The van der Waals surface area contributed by atoms with Crippen LogP contribution in [0.25, 0.3) is 0 Å². The Kier molecular flexibility index (Phi) is 6.87. The summed E-state index contributed by atoms with van der Waals surface area (Å²) in [6, 6.07) is 13.4. The van der Waals surface area contributed by atoms with E-state index in [1.165, 1.54) is 5.56 Å². The Morgan fingerprint density at radius 3 is 2.44 bits per heavy atom. The third-order valence-electron chi connectivity index (χ3n) is 3.71. The second kappa shape index (κ2) is 9.11. The third-order valence-corrected chi connectivity index (χ3v) is 3.71. The molecule has 4 heteroatoms. The maximum Gasteiger partial charge on any atom is 0.251 e. The van der Waals surface area contributed by atoms with Crippen LogP contribution in [0.4, 0.5) is 0 Å². The topological polar surface area (TPSA) is 47.6 Å². The number of carbonyl (C=O) groups is 1. The molecule has 1 amide bonds. The first-order valence-corrected chi connectivity index (χ1v) is 8.73. The first-order valence-electron chi connectivity index (χ1n) is 8.73. The molecular formula is C21H27NO3. The Labute approximate surface area is 150 Å². The van der Waals surface area contributed by atoms with E-state index >= 15 is 0 Å². The maximum atomic E-state index is 12.3.